The van der Waals surface area contributed by atoms with Crippen molar-refractivity contribution in [3.05, 3.63) is 54.3 Å². The lowest BCUT2D eigenvalue weighted by atomic mass is 10.2. The van der Waals surface area contributed by atoms with E-state index in [1.807, 2.05) is 25.1 Å². The van der Waals surface area contributed by atoms with Crippen molar-refractivity contribution in [3.8, 4) is 5.75 Å². The molecule has 1 aliphatic heterocycles. The average molecular weight is 358 g/mol. The number of benzene rings is 2. The third-order valence-electron chi connectivity index (χ3n) is 4.85. The lowest BCUT2D eigenvalue weighted by Crippen LogP contribution is -3.16. The van der Waals surface area contributed by atoms with Crippen molar-refractivity contribution < 1.29 is 19.2 Å². The number of phenolic OH excluding ortho intramolecular Hbond substituents is 1. The monoisotopic (exact) mass is 358 g/mol. The van der Waals surface area contributed by atoms with Crippen molar-refractivity contribution in [2.45, 2.75) is 6.92 Å². The molecule has 2 N–H and O–H groups in total. The number of halogens is 1. The van der Waals surface area contributed by atoms with Crippen molar-refractivity contribution in [1.82, 2.24) is 0 Å². The first-order chi connectivity index (χ1) is 12.6. The number of rotatable bonds is 5. The summed E-state index contributed by atoms with van der Waals surface area (Å²) >= 11 is 0. The van der Waals surface area contributed by atoms with E-state index in [1.54, 1.807) is 23.1 Å². The number of likely N-dealkylation sites (N-methyl/N-ethyl adjacent to an activating group) is 1. The fraction of sp³-hybridized carbons (Fsp3) is 0.350. The van der Waals surface area contributed by atoms with Crippen LogP contribution in [0.3, 0.4) is 0 Å². The Morgan fingerprint density at radius 3 is 2.42 bits per heavy atom. The molecule has 0 saturated carbocycles. The molecule has 0 aromatic heterocycles. The molecule has 0 atom stereocenters. The van der Waals surface area contributed by atoms with Gasteiger partial charge in [-0.2, -0.15) is 0 Å². The van der Waals surface area contributed by atoms with Gasteiger partial charge < -0.3 is 19.8 Å². The van der Waals surface area contributed by atoms with Gasteiger partial charge in [0.05, 0.1) is 31.9 Å². The summed E-state index contributed by atoms with van der Waals surface area (Å²) in [6, 6.07) is 13.4. The van der Waals surface area contributed by atoms with E-state index < -0.39 is 0 Å². The number of hydrogen-bond donors (Lipinski definition) is 2. The van der Waals surface area contributed by atoms with E-state index in [9.17, 15) is 14.3 Å². The van der Waals surface area contributed by atoms with Crippen LogP contribution in [-0.2, 0) is 4.79 Å². The molecular formula is C20H25FN3O2+. The maximum absolute atomic E-state index is 13.1. The summed E-state index contributed by atoms with van der Waals surface area (Å²) in [5, 5.41) is 9.99. The number of carbonyl (C=O) groups excluding carboxylic acids is 1. The zero-order chi connectivity index (χ0) is 18.5. The SMILES string of the molecule is CCN(C(=O)C[NH+]1CCN(c2ccccc2O)CC1)c1ccc(F)cc1. The van der Waals surface area contributed by atoms with Crippen LogP contribution in [0.1, 0.15) is 6.92 Å². The largest absolute Gasteiger partial charge is 0.506 e. The van der Waals surface area contributed by atoms with E-state index >= 15 is 0 Å². The predicted molar refractivity (Wildman–Crippen MR) is 100 cm³/mol. The number of carbonyl (C=O) groups is 1. The molecule has 1 amide bonds. The van der Waals surface area contributed by atoms with Gasteiger partial charge in [-0.25, -0.2) is 4.39 Å². The summed E-state index contributed by atoms with van der Waals surface area (Å²) in [6.45, 7) is 6.15. The number of aromatic hydroxyl groups is 1. The summed E-state index contributed by atoms with van der Waals surface area (Å²) in [4.78, 5) is 17.8. The maximum Gasteiger partial charge on any atom is 0.282 e. The van der Waals surface area contributed by atoms with Gasteiger partial charge in [0.15, 0.2) is 6.54 Å². The Balaban J connectivity index is 1.57. The van der Waals surface area contributed by atoms with Gasteiger partial charge in [-0.1, -0.05) is 12.1 Å². The van der Waals surface area contributed by atoms with Gasteiger partial charge in [0.25, 0.3) is 5.91 Å². The van der Waals surface area contributed by atoms with E-state index in [1.165, 1.54) is 17.0 Å². The van der Waals surface area contributed by atoms with Crippen LogP contribution in [0, 0.1) is 5.82 Å². The van der Waals surface area contributed by atoms with E-state index in [4.69, 9.17) is 0 Å². The number of phenols is 1. The number of piperazine rings is 1. The zero-order valence-electron chi connectivity index (χ0n) is 15.0. The Labute approximate surface area is 153 Å². The van der Waals surface area contributed by atoms with Crippen LogP contribution >= 0.6 is 0 Å². The summed E-state index contributed by atoms with van der Waals surface area (Å²) in [5.41, 5.74) is 1.57. The summed E-state index contributed by atoms with van der Waals surface area (Å²) in [6.07, 6.45) is 0. The molecule has 2 aromatic carbocycles. The third kappa shape index (κ3) is 4.14. The molecule has 5 nitrogen and oxygen atoms in total. The number of anilines is 2. The highest BCUT2D eigenvalue weighted by atomic mass is 19.1. The van der Waals surface area contributed by atoms with Crippen molar-refractivity contribution in [2.24, 2.45) is 0 Å². The molecule has 3 rings (SSSR count). The Morgan fingerprint density at radius 2 is 1.81 bits per heavy atom. The number of nitrogens with zero attached hydrogens (tertiary/aromatic N) is 2. The molecule has 2 aromatic rings. The van der Waals surface area contributed by atoms with Gasteiger partial charge in [-0.05, 0) is 43.3 Å². The van der Waals surface area contributed by atoms with Crippen molar-refractivity contribution in [3.63, 3.8) is 0 Å². The smallest absolute Gasteiger partial charge is 0.282 e. The van der Waals surface area contributed by atoms with E-state index in [-0.39, 0.29) is 11.7 Å². The Bertz CT molecular complexity index is 743. The maximum atomic E-state index is 13.1. The standard InChI is InChI=1S/C20H24FN3O2/c1-2-24(17-9-7-16(21)8-10-17)20(26)15-22-11-13-23(14-12-22)18-5-3-4-6-19(18)25/h3-10,25H,2,11-15H2,1H3/p+1. The number of para-hydroxylation sites is 2. The van der Waals surface area contributed by atoms with Gasteiger partial charge in [0.1, 0.15) is 11.6 Å². The van der Waals surface area contributed by atoms with Crippen LogP contribution in [0.15, 0.2) is 48.5 Å². The van der Waals surface area contributed by atoms with Crippen molar-refractivity contribution in [1.29, 1.82) is 0 Å². The lowest BCUT2D eigenvalue weighted by molar-refractivity contribution is -0.892. The highest BCUT2D eigenvalue weighted by molar-refractivity contribution is 5.93. The van der Waals surface area contributed by atoms with Crippen LogP contribution in [0.2, 0.25) is 0 Å². The number of amides is 1. The second-order valence-corrected chi connectivity index (χ2v) is 6.52. The summed E-state index contributed by atoms with van der Waals surface area (Å²) < 4.78 is 13.1. The molecule has 1 saturated heterocycles. The first kappa shape index (κ1) is 18.2. The highest BCUT2D eigenvalue weighted by Gasteiger charge is 2.25. The first-order valence-electron chi connectivity index (χ1n) is 9.01. The molecule has 138 valence electrons. The number of quaternary nitrogens is 1. The topological polar surface area (TPSA) is 48.2 Å². The minimum atomic E-state index is -0.303. The second kappa shape index (κ2) is 8.19. The molecule has 26 heavy (non-hydrogen) atoms. The van der Waals surface area contributed by atoms with Gasteiger partial charge in [-0.3, -0.25) is 4.79 Å². The summed E-state index contributed by atoms with van der Waals surface area (Å²) in [5.74, 6) is 0.0359. The fourth-order valence-corrected chi connectivity index (χ4v) is 3.41. The van der Waals surface area contributed by atoms with Crippen LogP contribution in [0.5, 0.6) is 5.75 Å². The molecule has 0 bridgehead atoms. The molecule has 0 unspecified atom stereocenters. The van der Waals surface area contributed by atoms with Gasteiger partial charge >= 0.3 is 0 Å². The third-order valence-corrected chi connectivity index (χ3v) is 4.85. The molecule has 0 radical (unpaired) electrons. The minimum absolute atomic E-state index is 0.0464. The van der Waals surface area contributed by atoms with Gasteiger partial charge in [-0.15, -0.1) is 0 Å². The fourth-order valence-electron chi connectivity index (χ4n) is 3.41. The van der Waals surface area contributed by atoms with Gasteiger partial charge in [0, 0.05) is 12.2 Å². The minimum Gasteiger partial charge on any atom is -0.506 e. The van der Waals surface area contributed by atoms with Crippen molar-refractivity contribution in [2.75, 3.05) is 49.1 Å². The number of hydrogen-bond acceptors (Lipinski definition) is 3. The highest BCUT2D eigenvalue weighted by Crippen LogP contribution is 2.26. The summed E-state index contributed by atoms with van der Waals surface area (Å²) in [7, 11) is 0. The lowest BCUT2D eigenvalue weighted by Gasteiger charge is -2.34. The van der Waals surface area contributed by atoms with Crippen LogP contribution in [-0.4, -0.2) is 50.3 Å². The Morgan fingerprint density at radius 1 is 1.15 bits per heavy atom. The molecule has 0 spiro atoms. The molecule has 0 aliphatic carbocycles. The molecule has 1 heterocycles. The number of nitrogens with one attached hydrogen (secondary N) is 1. The molecule has 1 fully saturated rings. The molecule has 6 heteroatoms. The first-order valence-corrected chi connectivity index (χ1v) is 9.01. The van der Waals surface area contributed by atoms with Crippen LogP contribution in [0.25, 0.3) is 0 Å². The Hall–Kier alpha value is -2.60. The van der Waals surface area contributed by atoms with Crippen molar-refractivity contribution >= 4 is 17.3 Å². The van der Waals surface area contributed by atoms with Gasteiger partial charge in [0.2, 0.25) is 0 Å². The average Bonchev–Trinajstić information content (AvgIpc) is 2.65. The zero-order valence-corrected chi connectivity index (χ0v) is 15.0. The Kier molecular flexibility index (Phi) is 5.73. The van der Waals surface area contributed by atoms with E-state index in [2.05, 4.69) is 4.90 Å². The van der Waals surface area contributed by atoms with E-state index in [0.717, 1.165) is 37.6 Å². The van der Waals surface area contributed by atoms with E-state index in [0.29, 0.717) is 18.8 Å². The predicted octanol–water partition coefficient (Wildman–Crippen LogP) is 1.29. The molecule has 1 aliphatic rings. The van der Waals surface area contributed by atoms with Crippen LogP contribution < -0.4 is 14.7 Å². The quantitative estimate of drug-likeness (QED) is 0.847. The normalized spacial score (nSPS) is 15.1. The molecular weight excluding hydrogens is 333 g/mol. The second-order valence-electron chi connectivity index (χ2n) is 6.52. The van der Waals surface area contributed by atoms with Crippen LogP contribution in [0.4, 0.5) is 15.8 Å².